The number of carbonyl (C=O) groups is 3. The molecule has 8 heteroatoms. The second kappa shape index (κ2) is 10.5. The molecule has 154 valence electrons. The van der Waals surface area contributed by atoms with E-state index in [1.54, 1.807) is 49.4 Å². The first-order chi connectivity index (χ1) is 13.8. The zero-order valence-electron chi connectivity index (χ0n) is 16.5. The lowest BCUT2D eigenvalue weighted by Crippen LogP contribution is -2.35. The normalized spacial score (nSPS) is 11.3. The summed E-state index contributed by atoms with van der Waals surface area (Å²) in [6.07, 6.45) is -1.04. The monoisotopic (exact) mass is 418 g/mol. The standard InChI is InChI=1S/C21H23ClN2O5/c1-4-28-16-10-8-15(9-11-16)21(27)23-12-19(25)29-14(3)20(26)24-18-7-5-6-17(22)13(18)2/h5-11,14H,4,12H2,1-3H3,(H,23,27)(H,24,26)/t14-/m1/s1. The molecule has 2 aromatic carbocycles. The van der Waals surface area contributed by atoms with Crippen LogP contribution in [0.25, 0.3) is 0 Å². The number of esters is 1. The van der Waals surface area contributed by atoms with Crippen LogP contribution in [0.15, 0.2) is 42.5 Å². The summed E-state index contributed by atoms with van der Waals surface area (Å²) in [6.45, 7) is 5.25. The molecule has 0 radical (unpaired) electrons. The van der Waals surface area contributed by atoms with E-state index in [4.69, 9.17) is 21.1 Å². The summed E-state index contributed by atoms with van der Waals surface area (Å²) in [5.74, 6) is -1.01. The molecule has 1 atom stereocenters. The minimum atomic E-state index is -1.04. The van der Waals surface area contributed by atoms with Crippen LogP contribution in [0.3, 0.4) is 0 Å². The summed E-state index contributed by atoms with van der Waals surface area (Å²) < 4.78 is 10.4. The maximum atomic E-state index is 12.2. The molecule has 0 unspecified atom stereocenters. The van der Waals surface area contributed by atoms with Gasteiger partial charge in [-0.2, -0.15) is 0 Å². The maximum absolute atomic E-state index is 12.2. The number of anilines is 1. The van der Waals surface area contributed by atoms with Crippen LogP contribution in [-0.4, -0.2) is 37.0 Å². The number of rotatable bonds is 8. The highest BCUT2D eigenvalue weighted by Crippen LogP contribution is 2.23. The van der Waals surface area contributed by atoms with Crippen LogP contribution in [0.5, 0.6) is 5.75 Å². The fourth-order valence-corrected chi connectivity index (χ4v) is 2.57. The van der Waals surface area contributed by atoms with Gasteiger partial charge in [0.25, 0.3) is 11.8 Å². The van der Waals surface area contributed by atoms with Gasteiger partial charge in [-0.1, -0.05) is 17.7 Å². The molecule has 7 nitrogen and oxygen atoms in total. The molecule has 0 fully saturated rings. The van der Waals surface area contributed by atoms with Crippen molar-refractivity contribution in [3.63, 3.8) is 0 Å². The molecule has 2 N–H and O–H groups in total. The van der Waals surface area contributed by atoms with Crippen LogP contribution in [0.1, 0.15) is 29.8 Å². The lowest BCUT2D eigenvalue weighted by molar-refractivity contribution is -0.152. The van der Waals surface area contributed by atoms with E-state index in [1.165, 1.54) is 6.92 Å². The Bertz CT molecular complexity index is 883. The van der Waals surface area contributed by atoms with Gasteiger partial charge in [-0.25, -0.2) is 0 Å². The number of ether oxygens (including phenoxy) is 2. The predicted molar refractivity (Wildman–Crippen MR) is 110 cm³/mol. The summed E-state index contributed by atoms with van der Waals surface area (Å²) in [4.78, 5) is 36.3. The molecule has 0 heterocycles. The Labute approximate surface area is 174 Å². The van der Waals surface area contributed by atoms with Gasteiger partial charge in [0.1, 0.15) is 12.3 Å². The smallest absolute Gasteiger partial charge is 0.326 e. The van der Waals surface area contributed by atoms with Crippen molar-refractivity contribution in [3.8, 4) is 5.75 Å². The summed E-state index contributed by atoms with van der Waals surface area (Å²) in [7, 11) is 0. The average molecular weight is 419 g/mol. The fraction of sp³-hybridized carbons (Fsp3) is 0.286. The SMILES string of the molecule is CCOc1ccc(C(=O)NCC(=O)O[C@H](C)C(=O)Nc2cccc(Cl)c2C)cc1. The number of hydrogen-bond acceptors (Lipinski definition) is 5. The molecule has 0 spiro atoms. The highest BCUT2D eigenvalue weighted by Gasteiger charge is 2.19. The number of nitrogens with one attached hydrogen (secondary N) is 2. The fourth-order valence-electron chi connectivity index (χ4n) is 2.39. The topological polar surface area (TPSA) is 93.7 Å². The number of hydrogen-bond donors (Lipinski definition) is 2. The van der Waals surface area contributed by atoms with Crippen molar-refractivity contribution in [1.29, 1.82) is 0 Å². The minimum absolute atomic E-state index is 0.361. The van der Waals surface area contributed by atoms with Gasteiger partial charge in [-0.15, -0.1) is 0 Å². The molecule has 0 aliphatic carbocycles. The van der Waals surface area contributed by atoms with Crippen LogP contribution in [0.2, 0.25) is 5.02 Å². The van der Waals surface area contributed by atoms with E-state index in [1.807, 2.05) is 6.92 Å². The first-order valence-electron chi connectivity index (χ1n) is 9.08. The lowest BCUT2D eigenvalue weighted by atomic mass is 10.2. The van der Waals surface area contributed by atoms with Crippen molar-refractivity contribution in [2.75, 3.05) is 18.5 Å². The zero-order valence-corrected chi connectivity index (χ0v) is 17.2. The molecule has 2 aromatic rings. The zero-order chi connectivity index (χ0) is 21.4. The van der Waals surface area contributed by atoms with E-state index >= 15 is 0 Å². The van der Waals surface area contributed by atoms with Crippen LogP contribution < -0.4 is 15.4 Å². The Balaban J connectivity index is 1.82. The third kappa shape index (κ3) is 6.50. The average Bonchev–Trinajstić information content (AvgIpc) is 2.70. The number of amides is 2. The van der Waals surface area contributed by atoms with Crippen molar-refractivity contribution in [2.45, 2.75) is 26.9 Å². The molecular weight excluding hydrogens is 396 g/mol. The molecule has 2 amide bonds. The molecule has 0 aliphatic heterocycles. The predicted octanol–water partition coefficient (Wildman–Crippen LogP) is 3.35. The quantitative estimate of drug-likeness (QED) is 0.641. The lowest BCUT2D eigenvalue weighted by Gasteiger charge is -2.15. The van der Waals surface area contributed by atoms with Crippen molar-refractivity contribution in [3.05, 3.63) is 58.6 Å². The van der Waals surface area contributed by atoms with Crippen LogP contribution in [-0.2, 0) is 14.3 Å². The molecule has 2 rings (SSSR count). The second-order valence-corrected chi connectivity index (χ2v) is 6.58. The molecule has 0 saturated carbocycles. The van der Waals surface area contributed by atoms with Gasteiger partial charge < -0.3 is 20.1 Å². The van der Waals surface area contributed by atoms with Crippen LogP contribution in [0, 0.1) is 6.92 Å². The van der Waals surface area contributed by atoms with Crippen molar-refractivity contribution in [2.24, 2.45) is 0 Å². The van der Waals surface area contributed by atoms with Crippen molar-refractivity contribution >= 4 is 35.1 Å². The highest BCUT2D eigenvalue weighted by atomic mass is 35.5. The summed E-state index contributed by atoms with van der Waals surface area (Å²) in [5.41, 5.74) is 1.63. The number of carbonyl (C=O) groups excluding carboxylic acids is 3. The van der Waals surface area contributed by atoms with Gasteiger partial charge >= 0.3 is 5.97 Å². The number of halogens is 1. The molecular formula is C21H23ClN2O5. The minimum Gasteiger partial charge on any atom is -0.494 e. The molecule has 29 heavy (non-hydrogen) atoms. The Hall–Kier alpha value is -3.06. The van der Waals surface area contributed by atoms with E-state index in [9.17, 15) is 14.4 Å². The van der Waals surface area contributed by atoms with E-state index in [0.717, 1.165) is 0 Å². The first-order valence-corrected chi connectivity index (χ1v) is 9.46. The Morgan fingerprint density at radius 1 is 1.10 bits per heavy atom. The van der Waals surface area contributed by atoms with E-state index in [-0.39, 0.29) is 6.54 Å². The molecule has 0 saturated heterocycles. The second-order valence-electron chi connectivity index (χ2n) is 6.17. The highest BCUT2D eigenvalue weighted by molar-refractivity contribution is 6.31. The maximum Gasteiger partial charge on any atom is 0.326 e. The Kier molecular flexibility index (Phi) is 8.03. The Morgan fingerprint density at radius 3 is 2.45 bits per heavy atom. The molecule has 0 aromatic heterocycles. The first kappa shape index (κ1) is 22.2. The van der Waals surface area contributed by atoms with Crippen LogP contribution >= 0.6 is 11.6 Å². The van der Waals surface area contributed by atoms with Gasteiger partial charge in [0.15, 0.2) is 6.10 Å². The van der Waals surface area contributed by atoms with Gasteiger partial charge in [0, 0.05) is 16.3 Å². The van der Waals surface area contributed by atoms with Crippen molar-refractivity contribution in [1.82, 2.24) is 5.32 Å². The van der Waals surface area contributed by atoms with E-state index < -0.39 is 23.9 Å². The third-order valence-corrected chi connectivity index (χ3v) is 4.43. The van der Waals surface area contributed by atoms with Gasteiger partial charge in [-0.3, -0.25) is 14.4 Å². The van der Waals surface area contributed by atoms with E-state index in [0.29, 0.717) is 34.2 Å². The number of benzene rings is 2. The van der Waals surface area contributed by atoms with Crippen LogP contribution in [0.4, 0.5) is 5.69 Å². The summed E-state index contributed by atoms with van der Waals surface area (Å²) in [5, 5.41) is 5.64. The third-order valence-electron chi connectivity index (χ3n) is 4.02. The van der Waals surface area contributed by atoms with Gasteiger partial charge in [-0.05, 0) is 62.7 Å². The Morgan fingerprint density at radius 2 is 1.79 bits per heavy atom. The summed E-state index contributed by atoms with van der Waals surface area (Å²) >= 11 is 6.02. The summed E-state index contributed by atoms with van der Waals surface area (Å²) in [6, 6.07) is 11.6. The van der Waals surface area contributed by atoms with Gasteiger partial charge in [0.2, 0.25) is 0 Å². The van der Waals surface area contributed by atoms with E-state index in [2.05, 4.69) is 10.6 Å². The molecule has 0 aliphatic rings. The molecule has 0 bridgehead atoms. The largest absolute Gasteiger partial charge is 0.494 e. The van der Waals surface area contributed by atoms with Crippen molar-refractivity contribution < 1.29 is 23.9 Å². The van der Waals surface area contributed by atoms with Gasteiger partial charge in [0.05, 0.1) is 6.61 Å².